The lowest BCUT2D eigenvalue weighted by molar-refractivity contribution is 0.465. The first-order valence-electron chi connectivity index (χ1n) is 7.09. The summed E-state index contributed by atoms with van der Waals surface area (Å²) < 4.78 is 0. The maximum Gasteiger partial charge on any atom is 0.119 e. The molecular weight excluding hydrogens is 208 g/mol. The van der Waals surface area contributed by atoms with Crippen molar-refractivity contribution in [3.8, 4) is 5.75 Å². The fourth-order valence-electron chi connectivity index (χ4n) is 2.26. The predicted molar refractivity (Wildman–Crippen MR) is 74.6 cm³/mol. The van der Waals surface area contributed by atoms with E-state index >= 15 is 0 Å². The molecule has 0 unspecified atom stereocenters. The van der Waals surface area contributed by atoms with Crippen LogP contribution in [0.4, 0.5) is 0 Å². The quantitative estimate of drug-likeness (QED) is 0.637. The van der Waals surface area contributed by atoms with Crippen molar-refractivity contribution in [2.24, 2.45) is 0 Å². The van der Waals surface area contributed by atoms with Gasteiger partial charge in [0.25, 0.3) is 0 Å². The van der Waals surface area contributed by atoms with Crippen LogP contribution in [-0.2, 0) is 12.8 Å². The van der Waals surface area contributed by atoms with Crippen molar-refractivity contribution in [3.05, 3.63) is 29.3 Å². The minimum absolute atomic E-state index is 0.495. The van der Waals surface area contributed by atoms with Gasteiger partial charge in [-0.1, -0.05) is 51.7 Å². The highest BCUT2D eigenvalue weighted by molar-refractivity contribution is 5.39. The van der Waals surface area contributed by atoms with Crippen molar-refractivity contribution in [3.63, 3.8) is 0 Å². The number of phenols is 1. The molecule has 1 N–H and O–H groups in total. The van der Waals surface area contributed by atoms with Crippen LogP contribution in [-0.4, -0.2) is 5.11 Å². The van der Waals surface area contributed by atoms with Crippen molar-refractivity contribution < 1.29 is 5.11 Å². The number of hydrogen-bond acceptors (Lipinski definition) is 1. The molecule has 0 radical (unpaired) electrons. The zero-order valence-electron chi connectivity index (χ0n) is 11.3. The molecule has 0 saturated heterocycles. The lowest BCUT2D eigenvalue weighted by Gasteiger charge is -2.11. The topological polar surface area (TPSA) is 20.2 Å². The van der Waals surface area contributed by atoms with Gasteiger partial charge in [-0.2, -0.15) is 0 Å². The van der Waals surface area contributed by atoms with E-state index in [0.717, 1.165) is 12.8 Å². The van der Waals surface area contributed by atoms with Gasteiger partial charge in [-0.05, 0) is 42.9 Å². The molecule has 0 aromatic heterocycles. The Bertz CT molecular complexity index is 317. The van der Waals surface area contributed by atoms with Crippen LogP contribution in [0.5, 0.6) is 5.75 Å². The number of benzene rings is 1. The molecule has 1 rings (SSSR count). The molecule has 0 fully saturated rings. The SMILES string of the molecule is CCCCCc1cccc(O)c1CCCCC. The van der Waals surface area contributed by atoms with Gasteiger partial charge in [0, 0.05) is 0 Å². The third-order valence-corrected chi connectivity index (χ3v) is 3.33. The molecule has 1 heteroatoms. The average molecular weight is 234 g/mol. The standard InChI is InChI=1S/C16H26O/c1-3-5-7-10-14-11-9-13-16(17)15(14)12-8-6-4-2/h9,11,13,17H,3-8,10,12H2,1-2H3. The maximum atomic E-state index is 9.95. The highest BCUT2D eigenvalue weighted by Crippen LogP contribution is 2.24. The van der Waals surface area contributed by atoms with Crippen molar-refractivity contribution in [2.45, 2.75) is 65.2 Å². The van der Waals surface area contributed by atoms with Gasteiger partial charge in [0.2, 0.25) is 0 Å². The Morgan fingerprint density at radius 2 is 1.53 bits per heavy atom. The van der Waals surface area contributed by atoms with Crippen LogP contribution in [0.3, 0.4) is 0 Å². The highest BCUT2D eigenvalue weighted by Gasteiger charge is 2.06. The summed E-state index contributed by atoms with van der Waals surface area (Å²) in [7, 11) is 0. The third kappa shape index (κ3) is 4.80. The van der Waals surface area contributed by atoms with Gasteiger partial charge in [-0.25, -0.2) is 0 Å². The second-order valence-corrected chi connectivity index (χ2v) is 4.83. The summed E-state index contributed by atoms with van der Waals surface area (Å²) in [5, 5.41) is 9.95. The lowest BCUT2D eigenvalue weighted by Crippen LogP contribution is -1.96. The largest absolute Gasteiger partial charge is 0.508 e. The first kappa shape index (κ1) is 14.1. The molecule has 0 bridgehead atoms. The van der Waals surface area contributed by atoms with E-state index in [1.807, 2.05) is 12.1 Å². The third-order valence-electron chi connectivity index (χ3n) is 3.33. The van der Waals surface area contributed by atoms with E-state index < -0.39 is 0 Å². The molecule has 1 nitrogen and oxygen atoms in total. The fraction of sp³-hybridized carbons (Fsp3) is 0.625. The summed E-state index contributed by atoms with van der Waals surface area (Å²) in [4.78, 5) is 0. The van der Waals surface area contributed by atoms with E-state index in [9.17, 15) is 5.11 Å². The summed E-state index contributed by atoms with van der Waals surface area (Å²) >= 11 is 0. The van der Waals surface area contributed by atoms with Crippen molar-refractivity contribution in [1.82, 2.24) is 0 Å². The van der Waals surface area contributed by atoms with Gasteiger partial charge in [-0.3, -0.25) is 0 Å². The molecule has 0 heterocycles. The number of hydrogen-bond donors (Lipinski definition) is 1. The Labute approximate surface area is 106 Å². The molecule has 17 heavy (non-hydrogen) atoms. The molecule has 0 aliphatic rings. The summed E-state index contributed by atoms with van der Waals surface area (Å²) in [5.41, 5.74) is 2.55. The van der Waals surface area contributed by atoms with Crippen LogP contribution in [0.15, 0.2) is 18.2 Å². The predicted octanol–water partition coefficient (Wildman–Crippen LogP) is 4.86. The Morgan fingerprint density at radius 3 is 2.18 bits per heavy atom. The van der Waals surface area contributed by atoms with E-state index in [-0.39, 0.29) is 0 Å². The fourth-order valence-corrected chi connectivity index (χ4v) is 2.26. The van der Waals surface area contributed by atoms with Crippen molar-refractivity contribution >= 4 is 0 Å². The summed E-state index contributed by atoms with van der Waals surface area (Å²) in [6.45, 7) is 4.44. The number of unbranched alkanes of at least 4 members (excludes halogenated alkanes) is 4. The number of phenolic OH excluding ortho intramolecular Hbond substituents is 1. The van der Waals surface area contributed by atoms with Gasteiger partial charge >= 0.3 is 0 Å². The van der Waals surface area contributed by atoms with Crippen molar-refractivity contribution in [1.29, 1.82) is 0 Å². The smallest absolute Gasteiger partial charge is 0.119 e. The van der Waals surface area contributed by atoms with Crippen LogP contribution in [0.2, 0.25) is 0 Å². The minimum Gasteiger partial charge on any atom is -0.508 e. The highest BCUT2D eigenvalue weighted by atomic mass is 16.3. The van der Waals surface area contributed by atoms with Crippen LogP contribution < -0.4 is 0 Å². The Kier molecular flexibility index (Phi) is 6.76. The number of aromatic hydroxyl groups is 1. The van der Waals surface area contributed by atoms with Gasteiger partial charge in [-0.15, -0.1) is 0 Å². The number of rotatable bonds is 8. The van der Waals surface area contributed by atoms with E-state index in [4.69, 9.17) is 0 Å². The zero-order valence-corrected chi connectivity index (χ0v) is 11.3. The van der Waals surface area contributed by atoms with E-state index in [1.54, 1.807) is 0 Å². The van der Waals surface area contributed by atoms with Crippen LogP contribution in [0.25, 0.3) is 0 Å². The van der Waals surface area contributed by atoms with E-state index in [2.05, 4.69) is 19.9 Å². The first-order valence-corrected chi connectivity index (χ1v) is 7.09. The van der Waals surface area contributed by atoms with Crippen molar-refractivity contribution in [2.75, 3.05) is 0 Å². The molecule has 0 aliphatic carbocycles. The van der Waals surface area contributed by atoms with E-state index in [1.165, 1.54) is 49.7 Å². The second kappa shape index (κ2) is 8.16. The average Bonchev–Trinajstić information content (AvgIpc) is 2.33. The molecule has 0 amide bonds. The second-order valence-electron chi connectivity index (χ2n) is 4.83. The first-order chi connectivity index (χ1) is 8.29. The molecule has 0 saturated carbocycles. The Hall–Kier alpha value is -0.980. The molecule has 0 spiro atoms. The summed E-state index contributed by atoms with van der Waals surface area (Å²) in [6.07, 6.45) is 9.59. The molecule has 1 aromatic carbocycles. The lowest BCUT2D eigenvalue weighted by atomic mass is 9.96. The monoisotopic (exact) mass is 234 g/mol. The van der Waals surface area contributed by atoms with Crippen LogP contribution in [0, 0.1) is 0 Å². The molecule has 96 valence electrons. The van der Waals surface area contributed by atoms with Crippen LogP contribution in [0.1, 0.15) is 63.5 Å². The van der Waals surface area contributed by atoms with E-state index in [0.29, 0.717) is 5.75 Å². The van der Waals surface area contributed by atoms with Crippen LogP contribution >= 0.6 is 0 Å². The van der Waals surface area contributed by atoms with Gasteiger partial charge < -0.3 is 5.11 Å². The van der Waals surface area contributed by atoms with Gasteiger partial charge in [0.1, 0.15) is 5.75 Å². The normalized spacial score (nSPS) is 10.7. The molecule has 0 atom stereocenters. The summed E-state index contributed by atoms with van der Waals surface area (Å²) in [6, 6.07) is 5.97. The number of aryl methyl sites for hydroxylation is 1. The maximum absolute atomic E-state index is 9.95. The molecule has 0 aliphatic heterocycles. The van der Waals surface area contributed by atoms with Gasteiger partial charge in [0.15, 0.2) is 0 Å². The van der Waals surface area contributed by atoms with Gasteiger partial charge in [0.05, 0.1) is 0 Å². The molecule has 1 aromatic rings. The molecular formula is C16H26O. The minimum atomic E-state index is 0.495. The summed E-state index contributed by atoms with van der Waals surface area (Å²) in [5.74, 6) is 0.495. The Balaban J connectivity index is 2.63. The zero-order chi connectivity index (χ0) is 12.5. The Morgan fingerprint density at radius 1 is 0.882 bits per heavy atom.